The Balaban J connectivity index is 1.93. The number of fused-ring (bicyclic) bond motifs is 2. The smallest absolute Gasteiger partial charge is 0.270 e. The number of hydrogen-bond donors (Lipinski definition) is 2. The number of amides is 1. The van der Waals surface area contributed by atoms with Gasteiger partial charge in [-0.15, -0.1) is 0 Å². The molecule has 3 aromatic rings. The van der Waals surface area contributed by atoms with E-state index in [1.807, 2.05) is 32.2 Å². The molecule has 1 aliphatic rings. The highest BCUT2D eigenvalue weighted by molar-refractivity contribution is 6.01. The normalized spacial score (nSPS) is 17.5. The van der Waals surface area contributed by atoms with Crippen molar-refractivity contribution in [3.05, 3.63) is 30.1 Å². The standard InChI is InChI=1S/C15H16N6O/c1-8-6-17-15(22)13-11(7-18-21(8)13)9-3-4-10-12(5-9)20(2)19-14(10)16/h3-5,7-8H,6H2,1-2H3,(H2,16,19)(H,17,22)/t8-/m0/s1. The third-order valence-electron chi connectivity index (χ3n) is 4.18. The molecule has 0 saturated carbocycles. The molecule has 3 N–H and O–H groups in total. The molecule has 0 aliphatic carbocycles. The van der Waals surface area contributed by atoms with Crippen LogP contribution in [0.3, 0.4) is 0 Å². The van der Waals surface area contributed by atoms with Crippen molar-refractivity contribution in [2.75, 3.05) is 12.3 Å². The van der Waals surface area contributed by atoms with E-state index in [2.05, 4.69) is 15.5 Å². The second-order valence-corrected chi connectivity index (χ2v) is 5.65. The Hall–Kier alpha value is -2.83. The minimum atomic E-state index is -0.0878. The fraction of sp³-hybridized carbons (Fsp3) is 0.267. The molecule has 1 aromatic carbocycles. The van der Waals surface area contributed by atoms with Gasteiger partial charge in [0, 0.05) is 24.5 Å². The molecule has 0 bridgehead atoms. The maximum Gasteiger partial charge on any atom is 0.270 e. The Bertz CT molecular complexity index is 906. The number of nitrogen functional groups attached to an aromatic ring is 1. The van der Waals surface area contributed by atoms with Gasteiger partial charge in [0.25, 0.3) is 5.91 Å². The summed E-state index contributed by atoms with van der Waals surface area (Å²) in [5.41, 5.74) is 9.18. The van der Waals surface area contributed by atoms with E-state index in [4.69, 9.17) is 5.73 Å². The SMILES string of the molecule is C[C@H]1CNC(=O)c2c(-c3ccc4c(N)nn(C)c4c3)cnn21. The first-order valence-corrected chi connectivity index (χ1v) is 7.14. The van der Waals surface area contributed by atoms with Crippen LogP contribution in [-0.2, 0) is 7.05 Å². The van der Waals surface area contributed by atoms with E-state index in [-0.39, 0.29) is 11.9 Å². The van der Waals surface area contributed by atoms with Gasteiger partial charge < -0.3 is 11.1 Å². The molecule has 7 heteroatoms. The summed E-state index contributed by atoms with van der Waals surface area (Å²) in [6, 6.07) is 6.02. The number of nitrogens with two attached hydrogens (primary N) is 1. The highest BCUT2D eigenvalue weighted by Crippen LogP contribution is 2.31. The first-order valence-electron chi connectivity index (χ1n) is 7.14. The second kappa shape index (κ2) is 4.33. The summed E-state index contributed by atoms with van der Waals surface area (Å²) in [4.78, 5) is 12.2. The first kappa shape index (κ1) is 12.9. The number of nitrogens with zero attached hydrogens (tertiary/aromatic N) is 4. The van der Waals surface area contributed by atoms with E-state index in [0.717, 1.165) is 22.0 Å². The number of carbonyl (C=O) groups excluding carboxylic acids is 1. The summed E-state index contributed by atoms with van der Waals surface area (Å²) in [5, 5.41) is 12.4. The molecule has 0 radical (unpaired) electrons. The van der Waals surface area contributed by atoms with Crippen LogP contribution in [0.5, 0.6) is 0 Å². The third kappa shape index (κ3) is 1.65. The third-order valence-corrected chi connectivity index (χ3v) is 4.18. The van der Waals surface area contributed by atoms with Gasteiger partial charge >= 0.3 is 0 Å². The van der Waals surface area contributed by atoms with Gasteiger partial charge in [-0.05, 0) is 24.6 Å². The van der Waals surface area contributed by atoms with Crippen LogP contribution in [0.25, 0.3) is 22.0 Å². The van der Waals surface area contributed by atoms with Crippen LogP contribution >= 0.6 is 0 Å². The quantitative estimate of drug-likeness (QED) is 0.708. The van der Waals surface area contributed by atoms with Gasteiger partial charge in [-0.3, -0.25) is 14.2 Å². The van der Waals surface area contributed by atoms with E-state index < -0.39 is 0 Å². The summed E-state index contributed by atoms with van der Waals surface area (Å²) >= 11 is 0. The highest BCUT2D eigenvalue weighted by Gasteiger charge is 2.27. The maximum atomic E-state index is 12.2. The predicted octanol–water partition coefficient (Wildman–Crippen LogP) is 1.32. The van der Waals surface area contributed by atoms with E-state index in [1.54, 1.807) is 15.6 Å². The Morgan fingerprint density at radius 3 is 3.05 bits per heavy atom. The minimum Gasteiger partial charge on any atom is -0.382 e. The van der Waals surface area contributed by atoms with Gasteiger partial charge in [-0.25, -0.2) is 0 Å². The van der Waals surface area contributed by atoms with Crippen LogP contribution < -0.4 is 11.1 Å². The van der Waals surface area contributed by atoms with Gasteiger partial charge in [-0.2, -0.15) is 10.2 Å². The summed E-state index contributed by atoms with van der Waals surface area (Å²) in [7, 11) is 1.85. The van der Waals surface area contributed by atoms with E-state index in [1.165, 1.54) is 0 Å². The van der Waals surface area contributed by atoms with Crippen LogP contribution in [0.2, 0.25) is 0 Å². The van der Waals surface area contributed by atoms with Gasteiger partial charge in [0.05, 0.1) is 17.8 Å². The lowest BCUT2D eigenvalue weighted by Gasteiger charge is -2.22. The molecule has 2 aromatic heterocycles. The van der Waals surface area contributed by atoms with Gasteiger partial charge in [0.1, 0.15) is 5.69 Å². The molecule has 1 atom stereocenters. The molecule has 22 heavy (non-hydrogen) atoms. The molecule has 0 unspecified atom stereocenters. The Labute approximate surface area is 126 Å². The lowest BCUT2D eigenvalue weighted by molar-refractivity contribution is 0.0913. The number of hydrogen-bond acceptors (Lipinski definition) is 4. The molecule has 1 amide bonds. The topological polar surface area (TPSA) is 90.8 Å². The number of carbonyl (C=O) groups is 1. The summed E-state index contributed by atoms with van der Waals surface area (Å²) in [6.07, 6.45) is 1.75. The molecule has 4 rings (SSSR count). The van der Waals surface area contributed by atoms with Crippen LogP contribution in [0.15, 0.2) is 24.4 Å². The monoisotopic (exact) mass is 296 g/mol. The van der Waals surface area contributed by atoms with Gasteiger partial charge in [0.15, 0.2) is 5.82 Å². The van der Waals surface area contributed by atoms with Crippen molar-refractivity contribution in [2.24, 2.45) is 7.05 Å². The number of anilines is 1. The fourth-order valence-electron chi connectivity index (χ4n) is 3.00. The van der Waals surface area contributed by atoms with Crippen molar-refractivity contribution in [1.29, 1.82) is 0 Å². The molecule has 7 nitrogen and oxygen atoms in total. The molecule has 0 fully saturated rings. The number of aryl methyl sites for hydroxylation is 1. The summed E-state index contributed by atoms with van der Waals surface area (Å²) in [6.45, 7) is 2.63. The van der Waals surface area contributed by atoms with Crippen molar-refractivity contribution in [3.63, 3.8) is 0 Å². The number of rotatable bonds is 1. The number of nitrogens with one attached hydrogen (secondary N) is 1. The maximum absolute atomic E-state index is 12.2. The lowest BCUT2D eigenvalue weighted by Crippen LogP contribution is -2.38. The van der Waals surface area contributed by atoms with Crippen molar-refractivity contribution in [1.82, 2.24) is 24.9 Å². The zero-order valence-electron chi connectivity index (χ0n) is 12.4. The average Bonchev–Trinajstić information content (AvgIpc) is 3.06. The number of aromatic nitrogens is 4. The van der Waals surface area contributed by atoms with Gasteiger partial charge in [0.2, 0.25) is 0 Å². The molecule has 0 saturated heterocycles. The number of benzene rings is 1. The molecular formula is C15H16N6O. The molecular weight excluding hydrogens is 280 g/mol. The first-order chi connectivity index (χ1) is 10.6. The van der Waals surface area contributed by atoms with E-state index >= 15 is 0 Å². The van der Waals surface area contributed by atoms with Gasteiger partial charge in [-0.1, -0.05) is 6.07 Å². The average molecular weight is 296 g/mol. The zero-order chi connectivity index (χ0) is 15.4. The van der Waals surface area contributed by atoms with Crippen LogP contribution in [0.1, 0.15) is 23.5 Å². The van der Waals surface area contributed by atoms with E-state index in [9.17, 15) is 4.79 Å². The van der Waals surface area contributed by atoms with Crippen LogP contribution in [-0.4, -0.2) is 32.0 Å². The predicted molar refractivity (Wildman–Crippen MR) is 83.4 cm³/mol. The van der Waals surface area contributed by atoms with Crippen molar-refractivity contribution < 1.29 is 4.79 Å². The van der Waals surface area contributed by atoms with E-state index in [0.29, 0.717) is 18.1 Å². The van der Waals surface area contributed by atoms with Crippen LogP contribution in [0.4, 0.5) is 5.82 Å². The molecule has 3 heterocycles. The Morgan fingerprint density at radius 2 is 2.23 bits per heavy atom. The lowest BCUT2D eigenvalue weighted by atomic mass is 10.0. The zero-order valence-corrected chi connectivity index (χ0v) is 12.4. The second-order valence-electron chi connectivity index (χ2n) is 5.65. The Morgan fingerprint density at radius 1 is 1.41 bits per heavy atom. The van der Waals surface area contributed by atoms with Crippen molar-refractivity contribution in [3.8, 4) is 11.1 Å². The summed E-state index contributed by atoms with van der Waals surface area (Å²) < 4.78 is 3.53. The molecule has 1 aliphatic heterocycles. The summed E-state index contributed by atoms with van der Waals surface area (Å²) in [5.74, 6) is 0.419. The highest BCUT2D eigenvalue weighted by atomic mass is 16.2. The molecule has 112 valence electrons. The Kier molecular flexibility index (Phi) is 2.53. The minimum absolute atomic E-state index is 0.0878. The fourth-order valence-corrected chi connectivity index (χ4v) is 3.00. The van der Waals surface area contributed by atoms with Crippen LogP contribution in [0, 0.1) is 0 Å². The largest absolute Gasteiger partial charge is 0.382 e. The van der Waals surface area contributed by atoms with Crippen molar-refractivity contribution in [2.45, 2.75) is 13.0 Å². The molecule has 0 spiro atoms. The van der Waals surface area contributed by atoms with Crippen molar-refractivity contribution >= 4 is 22.6 Å².